The minimum Gasteiger partial charge on any atom is -0.598 e. The van der Waals surface area contributed by atoms with E-state index in [-0.39, 0.29) is 59.3 Å². The van der Waals surface area contributed by atoms with Crippen LogP contribution in [0.5, 0.6) is 17.2 Å². The van der Waals surface area contributed by atoms with Crippen LogP contribution in [0.25, 0.3) is 11.3 Å². The molecule has 2 aromatic carbocycles. The Labute approximate surface area is 279 Å². The number of alkyl halides is 3. The van der Waals surface area contributed by atoms with Crippen LogP contribution in [0.2, 0.25) is 0 Å². The molecule has 48 heavy (non-hydrogen) atoms. The van der Waals surface area contributed by atoms with Crippen molar-refractivity contribution in [3.05, 3.63) is 71.2 Å². The van der Waals surface area contributed by atoms with Gasteiger partial charge in [-0.25, -0.2) is 9.37 Å². The van der Waals surface area contributed by atoms with Gasteiger partial charge in [-0.2, -0.15) is 13.2 Å². The number of benzene rings is 2. The van der Waals surface area contributed by atoms with Gasteiger partial charge in [0.2, 0.25) is 5.60 Å². The van der Waals surface area contributed by atoms with Gasteiger partial charge in [-0.05, 0) is 82.6 Å². The van der Waals surface area contributed by atoms with Crippen molar-refractivity contribution in [3.8, 4) is 28.5 Å². The van der Waals surface area contributed by atoms with Crippen LogP contribution in [-0.2, 0) is 22.5 Å². The fraction of sp³-hybridized carbons (Fsp3) is 0.455. The lowest BCUT2D eigenvalue weighted by Crippen LogP contribution is -2.53. The first kappa shape index (κ1) is 37.2. The molecule has 4 atom stereocenters. The second-order valence-electron chi connectivity index (χ2n) is 12.5. The molecule has 10 nitrogen and oxygen atoms in total. The van der Waals surface area contributed by atoms with Crippen LogP contribution < -0.4 is 24.2 Å². The van der Waals surface area contributed by atoms with Crippen LogP contribution in [0.3, 0.4) is 0 Å². The summed E-state index contributed by atoms with van der Waals surface area (Å²) in [6.07, 6.45) is -5.92. The average Bonchev–Trinajstić information content (AvgIpc) is 3.39. The summed E-state index contributed by atoms with van der Waals surface area (Å²) in [6.45, 7) is 6.92. The number of pyridine rings is 1. The number of aromatic nitrogens is 1. The van der Waals surface area contributed by atoms with E-state index >= 15 is 0 Å². The number of nitrogens with zero attached hydrogens (tertiary/aromatic N) is 1. The second kappa shape index (κ2) is 14.1. The highest BCUT2D eigenvalue weighted by Crippen LogP contribution is 2.48. The number of fused-ring (bicyclic) bond motifs is 1. The molecule has 1 amide bonds. The first-order valence-electron chi connectivity index (χ1n) is 15.1. The van der Waals surface area contributed by atoms with Crippen LogP contribution in [0, 0.1) is 5.82 Å². The number of halogens is 4. The van der Waals surface area contributed by atoms with Crippen molar-refractivity contribution in [2.24, 2.45) is 0 Å². The van der Waals surface area contributed by atoms with Crippen molar-refractivity contribution in [2.75, 3.05) is 26.9 Å². The van der Waals surface area contributed by atoms with E-state index in [4.69, 9.17) is 14.2 Å². The van der Waals surface area contributed by atoms with Crippen molar-refractivity contribution in [1.29, 1.82) is 0 Å². The molecule has 1 aromatic heterocycles. The normalized spacial score (nSPS) is 18.7. The number of carbonyl (C=O) groups is 1. The largest absolute Gasteiger partial charge is 0.598 e. The van der Waals surface area contributed by atoms with E-state index in [2.05, 4.69) is 15.0 Å². The highest BCUT2D eigenvalue weighted by molar-refractivity contribution is 7.90. The molecular weight excluding hydrogens is 658 g/mol. The number of ether oxygens (including phenoxy) is 3. The predicted octanol–water partition coefficient (Wildman–Crippen LogP) is 4.89. The van der Waals surface area contributed by atoms with E-state index in [1.807, 2.05) is 0 Å². The Hall–Kier alpha value is -3.63. The second-order valence-corrected chi connectivity index (χ2v) is 14.5. The third-order valence-corrected chi connectivity index (χ3v) is 9.51. The van der Waals surface area contributed by atoms with Crippen LogP contribution in [-0.4, -0.2) is 69.6 Å². The van der Waals surface area contributed by atoms with Gasteiger partial charge in [0.05, 0.1) is 25.5 Å². The number of methoxy groups -OCH3 is 1. The maximum Gasteiger partial charge on any atom is 0.424 e. The first-order chi connectivity index (χ1) is 22.3. The monoisotopic (exact) mass is 697 g/mol. The van der Waals surface area contributed by atoms with Crippen molar-refractivity contribution < 1.29 is 51.3 Å². The van der Waals surface area contributed by atoms with Crippen molar-refractivity contribution in [2.45, 2.75) is 69.2 Å². The SMILES string of the molecule is CC[C@@]1(N[S+]([O-])C(C)(C)C)COc2c1cc([C@@](O)(CNC(=O)c1ccc(OC[C@@H](C)O)c(OC)c1)C(F)(F)F)nc2-c1ccc(F)cc1. The smallest absolute Gasteiger partial charge is 0.424 e. The summed E-state index contributed by atoms with van der Waals surface area (Å²) >= 11 is -1.69. The summed E-state index contributed by atoms with van der Waals surface area (Å²) in [5.74, 6) is -1.18. The van der Waals surface area contributed by atoms with Gasteiger partial charge in [-0.1, -0.05) is 6.92 Å². The molecule has 4 rings (SSSR count). The summed E-state index contributed by atoms with van der Waals surface area (Å²) in [5, 5.41) is 23.1. The van der Waals surface area contributed by atoms with Gasteiger partial charge in [0.15, 0.2) is 17.2 Å². The lowest BCUT2D eigenvalue weighted by Gasteiger charge is -2.34. The summed E-state index contributed by atoms with van der Waals surface area (Å²) in [4.78, 5) is 17.3. The molecule has 1 unspecified atom stereocenters. The molecule has 15 heteroatoms. The number of carbonyl (C=O) groups excluding carboxylic acids is 1. The standard InChI is InChI=1S/C33H39F4N3O7S/c1-7-31(40-48(44)30(3,4)5)18-47-28-23(31)15-26(39-27(28)20-8-11-22(34)12-9-20)32(43,33(35,36)37)17-38-29(42)21-10-13-24(25(14-21)45-6)46-16-19(2)41/h8-15,19,40-41,43H,7,16-18H2,1-6H3,(H,38,42)/t19-,31-,32+,48?/m1/s1. The zero-order valence-corrected chi connectivity index (χ0v) is 28.1. The number of rotatable bonds is 12. The summed E-state index contributed by atoms with van der Waals surface area (Å²) in [6, 6.07) is 9.78. The predicted molar refractivity (Wildman–Crippen MR) is 171 cm³/mol. The zero-order chi connectivity index (χ0) is 35.7. The van der Waals surface area contributed by atoms with Gasteiger partial charge in [0.25, 0.3) is 5.91 Å². The minimum absolute atomic E-state index is 0.0692. The van der Waals surface area contributed by atoms with Crippen molar-refractivity contribution in [1.82, 2.24) is 15.0 Å². The van der Waals surface area contributed by atoms with E-state index < -0.39 is 63.5 Å². The Bertz CT molecular complexity index is 1620. The van der Waals surface area contributed by atoms with E-state index in [0.717, 1.165) is 18.2 Å². The van der Waals surface area contributed by atoms with Gasteiger partial charge >= 0.3 is 6.18 Å². The minimum atomic E-state index is -5.35. The molecular formula is C33H39F4N3O7S. The third-order valence-electron chi connectivity index (χ3n) is 7.82. The molecule has 0 saturated heterocycles. The number of hydrogen-bond donors (Lipinski definition) is 4. The Morgan fingerprint density at radius 1 is 1.15 bits per heavy atom. The fourth-order valence-electron chi connectivity index (χ4n) is 4.89. The Kier molecular flexibility index (Phi) is 10.9. The van der Waals surface area contributed by atoms with Crippen molar-refractivity contribution >= 4 is 17.3 Å². The van der Waals surface area contributed by atoms with E-state index in [0.29, 0.717) is 0 Å². The van der Waals surface area contributed by atoms with E-state index in [9.17, 15) is 37.1 Å². The highest BCUT2D eigenvalue weighted by Gasteiger charge is 2.58. The van der Waals surface area contributed by atoms with E-state index in [1.165, 1.54) is 44.4 Å². The van der Waals surface area contributed by atoms with Crippen LogP contribution >= 0.6 is 0 Å². The lowest BCUT2D eigenvalue weighted by atomic mass is 9.86. The quantitative estimate of drug-likeness (QED) is 0.154. The van der Waals surface area contributed by atoms with Crippen molar-refractivity contribution in [3.63, 3.8) is 0 Å². The molecule has 0 fully saturated rings. The average molecular weight is 698 g/mol. The third kappa shape index (κ3) is 7.65. The lowest BCUT2D eigenvalue weighted by molar-refractivity contribution is -0.265. The molecule has 2 heterocycles. The number of aliphatic hydroxyl groups is 2. The number of amides is 1. The number of nitrogens with one attached hydrogen (secondary N) is 2. The maximum atomic E-state index is 14.9. The van der Waals surface area contributed by atoms with Gasteiger partial charge in [-0.15, -0.1) is 4.72 Å². The molecule has 4 N–H and O–H groups in total. The Morgan fingerprint density at radius 2 is 1.81 bits per heavy atom. The van der Waals surface area contributed by atoms with Gasteiger partial charge < -0.3 is 34.3 Å². The number of hydrogen-bond acceptors (Lipinski definition) is 9. The summed E-state index contributed by atoms with van der Waals surface area (Å²) < 4.78 is 90.7. The zero-order valence-electron chi connectivity index (χ0n) is 27.3. The first-order valence-corrected chi connectivity index (χ1v) is 16.2. The summed E-state index contributed by atoms with van der Waals surface area (Å²) in [7, 11) is 1.30. The summed E-state index contributed by atoms with van der Waals surface area (Å²) in [5.41, 5.74) is -5.66. The molecule has 0 bridgehead atoms. The van der Waals surface area contributed by atoms with E-state index in [1.54, 1.807) is 27.7 Å². The molecule has 3 aromatic rings. The molecule has 0 saturated carbocycles. The number of aliphatic hydroxyl groups excluding tert-OH is 1. The molecule has 262 valence electrons. The molecule has 0 aliphatic carbocycles. The fourth-order valence-corrected chi connectivity index (χ4v) is 5.86. The molecule has 0 radical (unpaired) electrons. The molecule has 0 spiro atoms. The van der Waals surface area contributed by atoms with Gasteiger partial charge in [0.1, 0.15) is 35.0 Å². The van der Waals surface area contributed by atoms with Gasteiger partial charge in [0, 0.05) is 28.1 Å². The van der Waals surface area contributed by atoms with Crippen LogP contribution in [0.15, 0.2) is 48.5 Å². The Morgan fingerprint density at radius 3 is 2.38 bits per heavy atom. The highest BCUT2D eigenvalue weighted by atomic mass is 32.2. The Balaban J connectivity index is 1.79. The topological polar surface area (TPSA) is 145 Å². The molecule has 1 aliphatic heterocycles. The maximum absolute atomic E-state index is 14.9. The van der Waals surface area contributed by atoms with Gasteiger partial charge in [-0.3, -0.25) is 4.79 Å². The van der Waals surface area contributed by atoms with Crippen LogP contribution in [0.4, 0.5) is 17.6 Å². The van der Waals surface area contributed by atoms with Crippen LogP contribution in [0.1, 0.15) is 62.7 Å². The molecule has 1 aliphatic rings.